The fraction of sp³-hybridized carbons (Fsp3) is 0.0870. The molecule has 0 fully saturated rings. The zero-order valence-corrected chi connectivity index (χ0v) is 18.2. The summed E-state index contributed by atoms with van der Waals surface area (Å²) in [7, 11) is 0. The van der Waals surface area contributed by atoms with E-state index in [0.29, 0.717) is 28.8 Å². The van der Waals surface area contributed by atoms with Gasteiger partial charge in [-0.25, -0.2) is 4.98 Å². The van der Waals surface area contributed by atoms with E-state index in [1.165, 1.54) is 22.1 Å². The van der Waals surface area contributed by atoms with Crippen molar-refractivity contribution in [2.45, 2.75) is 13.3 Å². The van der Waals surface area contributed by atoms with Crippen molar-refractivity contribution in [2.24, 2.45) is 0 Å². The monoisotopic (exact) mass is 459 g/mol. The summed E-state index contributed by atoms with van der Waals surface area (Å²) < 4.78 is 7.00. The molecule has 0 saturated carbocycles. The number of rotatable bonds is 5. The minimum Gasteiger partial charge on any atom is -0.451 e. The Kier molecular flexibility index (Phi) is 5.19. The molecular formula is C23H17N5O4S. The summed E-state index contributed by atoms with van der Waals surface area (Å²) in [5.74, 6) is -0.355. The Labute approximate surface area is 190 Å². The Bertz CT molecular complexity index is 1600. The summed E-state index contributed by atoms with van der Waals surface area (Å²) in [5.41, 5.74) is 0.827. The van der Waals surface area contributed by atoms with Crippen LogP contribution in [-0.2, 0) is 6.42 Å². The van der Waals surface area contributed by atoms with Gasteiger partial charge in [0.1, 0.15) is 17.1 Å². The Hall–Kier alpha value is -4.31. The van der Waals surface area contributed by atoms with Gasteiger partial charge in [-0.1, -0.05) is 25.1 Å². The molecule has 0 unspecified atom stereocenters. The van der Waals surface area contributed by atoms with E-state index < -0.39 is 5.91 Å². The molecule has 0 bridgehead atoms. The largest absolute Gasteiger partial charge is 0.451 e. The van der Waals surface area contributed by atoms with Crippen molar-refractivity contribution in [3.8, 4) is 16.5 Å². The second-order valence-corrected chi connectivity index (χ2v) is 8.09. The Morgan fingerprint density at radius 1 is 1.15 bits per heavy atom. The molecule has 0 spiro atoms. The minimum absolute atomic E-state index is 0.145. The van der Waals surface area contributed by atoms with Gasteiger partial charge in [0, 0.05) is 23.9 Å². The van der Waals surface area contributed by atoms with Crippen LogP contribution < -0.4 is 16.3 Å². The molecule has 0 saturated heterocycles. The summed E-state index contributed by atoms with van der Waals surface area (Å²) in [5, 5.41) is 9.57. The minimum atomic E-state index is -0.634. The van der Waals surface area contributed by atoms with Crippen LogP contribution in [0.25, 0.3) is 27.5 Å². The van der Waals surface area contributed by atoms with E-state index in [1.54, 1.807) is 30.3 Å². The van der Waals surface area contributed by atoms with Crippen molar-refractivity contribution in [2.75, 3.05) is 5.32 Å². The van der Waals surface area contributed by atoms with Gasteiger partial charge in [-0.2, -0.15) is 9.78 Å². The van der Waals surface area contributed by atoms with Crippen LogP contribution in [-0.4, -0.2) is 25.7 Å². The standard InChI is InChI=1S/C23H17N5O4S/c1-2-13-10-21(30)26-23(24-13)28-20(11-15(27-28)19-8-5-9-33-19)25-22(31)18-12-16(29)14-6-3-4-7-17(14)32-18/h3-12H,2H2,1H3,(H,25,31)(H,24,26,30). The van der Waals surface area contributed by atoms with Crippen molar-refractivity contribution in [3.05, 3.63) is 92.0 Å². The molecular weight excluding hydrogens is 442 g/mol. The number of para-hydroxylation sites is 1. The number of aromatic amines is 1. The van der Waals surface area contributed by atoms with Gasteiger partial charge in [0.05, 0.1) is 10.3 Å². The molecule has 10 heteroatoms. The number of H-pyrrole nitrogens is 1. The molecule has 2 N–H and O–H groups in total. The van der Waals surface area contributed by atoms with Crippen molar-refractivity contribution >= 4 is 34.0 Å². The quantitative estimate of drug-likeness (QED) is 0.414. The molecule has 0 aliphatic carbocycles. The molecule has 164 valence electrons. The number of thiophene rings is 1. The molecule has 0 radical (unpaired) electrons. The van der Waals surface area contributed by atoms with E-state index in [4.69, 9.17) is 4.42 Å². The summed E-state index contributed by atoms with van der Waals surface area (Å²) in [6.45, 7) is 1.89. The summed E-state index contributed by atoms with van der Waals surface area (Å²) in [6, 6.07) is 14.7. The van der Waals surface area contributed by atoms with Crippen LogP contribution in [0.3, 0.4) is 0 Å². The molecule has 5 rings (SSSR count). The van der Waals surface area contributed by atoms with Crippen LogP contribution in [0, 0.1) is 0 Å². The topological polar surface area (TPSA) is 123 Å². The molecule has 4 heterocycles. The molecule has 1 aromatic carbocycles. The highest BCUT2D eigenvalue weighted by Crippen LogP contribution is 2.27. The van der Waals surface area contributed by atoms with Crippen LogP contribution in [0.2, 0.25) is 0 Å². The number of fused-ring (bicyclic) bond motifs is 1. The average Bonchev–Trinajstić information content (AvgIpc) is 3.49. The van der Waals surface area contributed by atoms with Gasteiger partial charge < -0.3 is 9.73 Å². The number of anilines is 1. The fourth-order valence-electron chi connectivity index (χ4n) is 3.35. The Morgan fingerprint density at radius 3 is 2.79 bits per heavy atom. The van der Waals surface area contributed by atoms with Gasteiger partial charge in [-0.3, -0.25) is 19.4 Å². The fourth-order valence-corrected chi connectivity index (χ4v) is 4.03. The van der Waals surface area contributed by atoms with Crippen LogP contribution in [0.1, 0.15) is 23.2 Å². The first-order valence-electron chi connectivity index (χ1n) is 10.1. The predicted octanol–water partition coefficient (Wildman–Crippen LogP) is 3.61. The zero-order chi connectivity index (χ0) is 22.9. The van der Waals surface area contributed by atoms with Crippen molar-refractivity contribution < 1.29 is 9.21 Å². The number of amides is 1. The van der Waals surface area contributed by atoms with Gasteiger partial charge in [0.25, 0.3) is 11.5 Å². The number of aromatic nitrogens is 4. The maximum atomic E-state index is 13.0. The SMILES string of the molecule is CCc1cc(=O)[nH]c(-n2nc(-c3cccs3)cc2NC(=O)c2cc(=O)c3ccccc3o2)n1. The number of aryl methyl sites for hydroxylation is 1. The first kappa shape index (κ1) is 20.6. The molecule has 4 aromatic heterocycles. The average molecular weight is 459 g/mol. The molecule has 0 atom stereocenters. The first-order chi connectivity index (χ1) is 16.0. The number of benzene rings is 1. The van der Waals surface area contributed by atoms with Crippen LogP contribution in [0.5, 0.6) is 0 Å². The van der Waals surface area contributed by atoms with Gasteiger partial charge in [0.15, 0.2) is 11.2 Å². The molecule has 33 heavy (non-hydrogen) atoms. The second-order valence-electron chi connectivity index (χ2n) is 7.14. The molecule has 9 nitrogen and oxygen atoms in total. The lowest BCUT2D eigenvalue weighted by atomic mass is 10.2. The van der Waals surface area contributed by atoms with Crippen LogP contribution in [0.4, 0.5) is 5.82 Å². The second kappa shape index (κ2) is 8.32. The third-order valence-electron chi connectivity index (χ3n) is 4.93. The van der Waals surface area contributed by atoms with E-state index in [9.17, 15) is 14.4 Å². The third kappa shape index (κ3) is 3.99. The normalized spacial score (nSPS) is 11.1. The molecule has 0 aliphatic heterocycles. The van der Waals surface area contributed by atoms with Crippen molar-refractivity contribution in [1.82, 2.24) is 19.7 Å². The summed E-state index contributed by atoms with van der Waals surface area (Å²) in [6.07, 6.45) is 0.555. The van der Waals surface area contributed by atoms with E-state index in [-0.39, 0.29) is 28.5 Å². The maximum Gasteiger partial charge on any atom is 0.292 e. The maximum absolute atomic E-state index is 13.0. The number of nitrogens with one attached hydrogen (secondary N) is 2. The molecule has 1 amide bonds. The lowest BCUT2D eigenvalue weighted by Crippen LogP contribution is -2.20. The van der Waals surface area contributed by atoms with Crippen LogP contribution in [0.15, 0.2) is 74.0 Å². The lowest BCUT2D eigenvalue weighted by molar-refractivity contribution is 0.0996. The number of nitrogens with zero attached hydrogens (tertiary/aromatic N) is 3. The highest BCUT2D eigenvalue weighted by atomic mass is 32.1. The predicted molar refractivity (Wildman–Crippen MR) is 125 cm³/mol. The van der Waals surface area contributed by atoms with E-state index >= 15 is 0 Å². The Morgan fingerprint density at radius 2 is 2.00 bits per heavy atom. The number of hydrogen-bond donors (Lipinski definition) is 2. The summed E-state index contributed by atoms with van der Waals surface area (Å²) in [4.78, 5) is 45.5. The van der Waals surface area contributed by atoms with E-state index in [2.05, 4.69) is 20.4 Å². The first-order valence-corrected chi connectivity index (χ1v) is 11.0. The number of carbonyl (C=O) groups is 1. The Balaban J connectivity index is 1.59. The van der Waals surface area contributed by atoms with Gasteiger partial charge in [0.2, 0.25) is 5.95 Å². The van der Waals surface area contributed by atoms with Crippen molar-refractivity contribution in [3.63, 3.8) is 0 Å². The molecule has 5 aromatic rings. The smallest absolute Gasteiger partial charge is 0.292 e. The number of hydrogen-bond acceptors (Lipinski definition) is 7. The number of carbonyl (C=O) groups excluding carboxylic acids is 1. The highest BCUT2D eigenvalue weighted by molar-refractivity contribution is 7.13. The summed E-state index contributed by atoms with van der Waals surface area (Å²) >= 11 is 1.48. The van der Waals surface area contributed by atoms with E-state index in [0.717, 1.165) is 10.9 Å². The van der Waals surface area contributed by atoms with Gasteiger partial charge in [-0.05, 0) is 30.0 Å². The zero-order valence-electron chi connectivity index (χ0n) is 17.4. The van der Waals surface area contributed by atoms with Gasteiger partial charge in [-0.15, -0.1) is 11.3 Å². The highest BCUT2D eigenvalue weighted by Gasteiger charge is 2.19. The lowest BCUT2D eigenvalue weighted by Gasteiger charge is -2.08. The molecule has 0 aliphatic rings. The van der Waals surface area contributed by atoms with Gasteiger partial charge >= 0.3 is 0 Å². The van der Waals surface area contributed by atoms with E-state index in [1.807, 2.05) is 24.4 Å². The van der Waals surface area contributed by atoms with Crippen molar-refractivity contribution in [1.29, 1.82) is 0 Å². The third-order valence-corrected chi connectivity index (χ3v) is 5.82. The van der Waals surface area contributed by atoms with Crippen LogP contribution >= 0.6 is 11.3 Å².